The summed E-state index contributed by atoms with van der Waals surface area (Å²) in [5, 5.41) is 3.31. The molecule has 1 aromatic heterocycles. The molecule has 0 atom stereocenters. The predicted molar refractivity (Wildman–Crippen MR) is 76.2 cm³/mol. The van der Waals surface area contributed by atoms with Gasteiger partial charge < -0.3 is 14.5 Å². The molecule has 2 rings (SSSR count). The van der Waals surface area contributed by atoms with Crippen LogP contribution in [0.1, 0.15) is 30.2 Å². The molecule has 4 heteroatoms. The lowest BCUT2D eigenvalue weighted by Gasteiger charge is -2.07. The summed E-state index contributed by atoms with van der Waals surface area (Å²) in [6, 6.07) is 6.46. The minimum atomic E-state index is -0.253. The summed E-state index contributed by atoms with van der Waals surface area (Å²) in [7, 11) is 0. The Balaban J connectivity index is 1.87. The Morgan fingerprint density at radius 1 is 1.30 bits per heavy atom. The van der Waals surface area contributed by atoms with Gasteiger partial charge in [-0.05, 0) is 49.7 Å². The van der Waals surface area contributed by atoms with E-state index >= 15 is 0 Å². The first-order chi connectivity index (χ1) is 9.69. The molecule has 0 aliphatic carbocycles. The maximum atomic E-state index is 13.0. The monoisotopic (exact) mass is 277 g/mol. The molecule has 1 heterocycles. The van der Waals surface area contributed by atoms with Gasteiger partial charge in [-0.15, -0.1) is 0 Å². The molecule has 0 bridgehead atoms. The molecule has 0 aliphatic rings. The van der Waals surface area contributed by atoms with Crippen LogP contribution in [0.5, 0.6) is 5.75 Å². The number of ether oxygens (including phenoxy) is 1. The molecular formula is C16H20FNO2. The highest BCUT2D eigenvalue weighted by atomic mass is 19.1. The number of furan rings is 1. The zero-order chi connectivity index (χ0) is 14.4. The van der Waals surface area contributed by atoms with E-state index in [0.29, 0.717) is 12.4 Å². The lowest BCUT2D eigenvalue weighted by Crippen LogP contribution is -2.13. The van der Waals surface area contributed by atoms with Crippen LogP contribution in [-0.4, -0.2) is 6.54 Å². The van der Waals surface area contributed by atoms with Gasteiger partial charge in [-0.3, -0.25) is 0 Å². The maximum absolute atomic E-state index is 13.0. The van der Waals surface area contributed by atoms with Crippen LogP contribution in [0.4, 0.5) is 4.39 Å². The van der Waals surface area contributed by atoms with E-state index in [1.165, 1.54) is 12.1 Å². The highest BCUT2D eigenvalue weighted by Crippen LogP contribution is 2.20. The average Bonchev–Trinajstić information content (AvgIpc) is 2.86. The molecule has 108 valence electrons. The van der Waals surface area contributed by atoms with Gasteiger partial charge in [-0.2, -0.15) is 0 Å². The molecule has 3 nitrogen and oxygen atoms in total. The van der Waals surface area contributed by atoms with E-state index in [9.17, 15) is 4.39 Å². The number of hydrogen-bond donors (Lipinski definition) is 1. The smallest absolute Gasteiger partial charge is 0.146 e. The summed E-state index contributed by atoms with van der Waals surface area (Å²) in [5.41, 5.74) is 1.88. The van der Waals surface area contributed by atoms with Crippen molar-refractivity contribution in [1.82, 2.24) is 5.32 Å². The Morgan fingerprint density at radius 2 is 2.15 bits per heavy atom. The Morgan fingerprint density at radius 3 is 2.90 bits per heavy atom. The van der Waals surface area contributed by atoms with Gasteiger partial charge in [-0.25, -0.2) is 4.39 Å². The third kappa shape index (κ3) is 4.10. The van der Waals surface area contributed by atoms with Crippen molar-refractivity contribution in [3.63, 3.8) is 0 Å². The Kier molecular flexibility index (Phi) is 5.18. The third-order valence-corrected chi connectivity index (χ3v) is 2.97. The standard InChI is InChI=1S/C16H20FNO2/c1-3-6-18-9-13-8-15(19-10-13)11-20-16-5-4-14(17)7-12(16)2/h4-5,7-8,10,18H,3,6,9,11H2,1-2H3. The fourth-order valence-electron chi connectivity index (χ4n) is 1.93. The summed E-state index contributed by atoms with van der Waals surface area (Å²) < 4.78 is 24.1. The Bertz CT molecular complexity index is 551. The number of nitrogens with one attached hydrogen (secondary N) is 1. The topological polar surface area (TPSA) is 34.4 Å². The Labute approximate surface area is 118 Å². The first kappa shape index (κ1) is 14.6. The molecule has 0 amide bonds. The number of rotatable bonds is 7. The fraction of sp³-hybridized carbons (Fsp3) is 0.375. The van der Waals surface area contributed by atoms with Gasteiger partial charge in [0.1, 0.15) is 23.9 Å². The molecular weight excluding hydrogens is 257 g/mol. The lowest BCUT2D eigenvalue weighted by molar-refractivity contribution is 0.268. The normalized spacial score (nSPS) is 10.8. The third-order valence-electron chi connectivity index (χ3n) is 2.97. The van der Waals surface area contributed by atoms with Crippen molar-refractivity contribution in [2.75, 3.05) is 6.54 Å². The van der Waals surface area contributed by atoms with E-state index in [4.69, 9.17) is 9.15 Å². The maximum Gasteiger partial charge on any atom is 0.146 e. The lowest BCUT2D eigenvalue weighted by atomic mass is 10.2. The molecule has 0 spiro atoms. The first-order valence-corrected chi connectivity index (χ1v) is 6.85. The van der Waals surface area contributed by atoms with Gasteiger partial charge in [0, 0.05) is 12.1 Å². The van der Waals surface area contributed by atoms with Gasteiger partial charge in [0.15, 0.2) is 0 Å². The number of halogens is 1. The van der Waals surface area contributed by atoms with Crippen molar-refractivity contribution in [2.45, 2.75) is 33.4 Å². The van der Waals surface area contributed by atoms with Crippen molar-refractivity contribution >= 4 is 0 Å². The highest BCUT2D eigenvalue weighted by Gasteiger charge is 2.05. The van der Waals surface area contributed by atoms with E-state index in [0.717, 1.165) is 36.4 Å². The second kappa shape index (κ2) is 7.10. The van der Waals surface area contributed by atoms with Crippen LogP contribution in [-0.2, 0) is 13.2 Å². The highest BCUT2D eigenvalue weighted by molar-refractivity contribution is 5.32. The summed E-state index contributed by atoms with van der Waals surface area (Å²) in [6.45, 7) is 6.09. The van der Waals surface area contributed by atoms with E-state index in [-0.39, 0.29) is 5.82 Å². The fourth-order valence-corrected chi connectivity index (χ4v) is 1.93. The van der Waals surface area contributed by atoms with Crippen LogP contribution in [0.2, 0.25) is 0 Å². The van der Waals surface area contributed by atoms with Crippen molar-refractivity contribution in [1.29, 1.82) is 0 Å². The predicted octanol–water partition coefficient (Wildman–Crippen LogP) is 3.81. The molecule has 20 heavy (non-hydrogen) atoms. The van der Waals surface area contributed by atoms with E-state index in [1.54, 1.807) is 12.3 Å². The summed E-state index contributed by atoms with van der Waals surface area (Å²) >= 11 is 0. The minimum absolute atomic E-state index is 0.253. The van der Waals surface area contributed by atoms with Gasteiger partial charge in [0.05, 0.1) is 6.26 Å². The molecule has 1 aromatic carbocycles. The molecule has 0 aliphatic heterocycles. The molecule has 0 radical (unpaired) electrons. The van der Waals surface area contributed by atoms with Crippen molar-refractivity contribution < 1.29 is 13.5 Å². The quantitative estimate of drug-likeness (QED) is 0.782. The second-order valence-electron chi connectivity index (χ2n) is 4.80. The number of benzene rings is 1. The molecule has 0 fully saturated rings. The number of hydrogen-bond acceptors (Lipinski definition) is 3. The summed E-state index contributed by atoms with van der Waals surface area (Å²) in [5.74, 6) is 1.19. The van der Waals surface area contributed by atoms with E-state index in [2.05, 4.69) is 12.2 Å². The van der Waals surface area contributed by atoms with Crippen molar-refractivity contribution in [2.24, 2.45) is 0 Å². The van der Waals surface area contributed by atoms with Crippen LogP contribution in [0.15, 0.2) is 34.9 Å². The van der Waals surface area contributed by atoms with Crippen LogP contribution in [0.3, 0.4) is 0 Å². The number of aryl methyl sites for hydroxylation is 1. The van der Waals surface area contributed by atoms with Crippen LogP contribution >= 0.6 is 0 Å². The molecule has 2 aromatic rings. The van der Waals surface area contributed by atoms with Crippen LogP contribution < -0.4 is 10.1 Å². The van der Waals surface area contributed by atoms with Crippen molar-refractivity contribution in [3.05, 3.63) is 53.2 Å². The minimum Gasteiger partial charge on any atom is -0.485 e. The largest absolute Gasteiger partial charge is 0.485 e. The van der Waals surface area contributed by atoms with Gasteiger partial charge in [-0.1, -0.05) is 6.92 Å². The summed E-state index contributed by atoms with van der Waals surface area (Å²) in [6.07, 6.45) is 2.84. The van der Waals surface area contributed by atoms with Gasteiger partial charge >= 0.3 is 0 Å². The van der Waals surface area contributed by atoms with E-state index < -0.39 is 0 Å². The SMILES string of the molecule is CCCNCc1coc(COc2ccc(F)cc2C)c1. The molecule has 0 saturated carbocycles. The van der Waals surface area contributed by atoms with Crippen molar-refractivity contribution in [3.8, 4) is 5.75 Å². The van der Waals surface area contributed by atoms with Gasteiger partial charge in [0.2, 0.25) is 0 Å². The van der Waals surface area contributed by atoms with Crippen LogP contribution in [0.25, 0.3) is 0 Å². The second-order valence-corrected chi connectivity index (χ2v) is 4.80. The molecule has 0 unspecified atom stereocenters. The molecule has 1 N–H and O–H groups in total. The molecule has 0 saturated heterocycles. The van der Waals surface area contributed by atoms with E-state index in [1.807, 2.05) is 13.0 Å². The zero-order valence-corrected chi connectivity index (χ0v) is 11.9. The Hall–Kier alpha value is -1.81. The van der Waals surface area contributed by atoms with Gasteiger partial charge in [0.25, 0.3) is 0 Å². The first-order valence-electron chi connectivity index (χ1n) is 6.85. The van der Waals surface area contributed by atoms with Crippen LogP contribution in [0, 0.1) is 12.7 Å². The zero-order valence-electron chi connectivity index (χ0n) is 11.9. The summed E-state index contributed by atoms with van der Waals surface area (Å²) in [4.78, 5) is 0. The average molecular weight is 277 g/mol.